The maximum atomic E-state index is 11.2. The van der Waals surface area contributed by atoms with Gasteiger partial charge in [0.2, 0.25) is 0 Å². The van der Waals surface area contributed by atoms with Crippen molar-refractivity contribution in [2.45, 2.75) is 6.92 Å². The topological polar surface area (TPSA) is 62.1 Å². The summed E-state index contributed by atoms with van der Waals surface area (Å²) in [5.74, 6) is 0.237. The number of halogens is 1. The Morgan fingerprint density at radius 2 is 2.38 bits per heavy atom. The third-order valence-electron chi connectivity index (χ3n) is 1.94. The van der Waals surface area contributed by atoms with Gasteiger partial charge in [-0.15, -0.1) is 0 Å². The van der Waals surface area contributed by atoms with Crippen molar-refractivity contribution in [3.63, 3.8) is 0 Å². The monoisotopic (exact) mass is 238 g/mol. The van der Waals surface area contributed by atoms with Crippen LogP contribution in [0.3, 0.4) is 0 Å². The van der Waals surface area contributed by atoms with E-state index in [2.05, 4.69) is 5.32 Å². The second-order valence-electron chi connectivity index (χ2n) is 3.09. The molecule has 1 amide bonds. The van der Waals surface area contributed by atoms with Gasteiger partial charge in [-0.2, -0.15) is 5.26 Å². The Morgan fingerprint density at radius 1 is 1.62 bits per heavy atom. The molecular weight excluding hydrogens is 228 g/mol. The molecule has 0 spiro atoms. The Hall–Kier alpha value is -1.73. The normalized spacial score (nSPS) is 9.31. The minimum Gasteiger partial charge on any atom is -0.483 e. The lowest BCUT2D eigenvalue weighted by molar-refractivity contribution is -0.122. The van der Waals surface area contributed by atoms with Gasteiger partial charge in [-0.3, -0.25) is 4.79 Å². The van der Waals surface area contributed by atoms with Gasteiger partial charge in [0.25, 0.3) is 5.91 Å². The van der Waals surface area contributed by atoms with Crippen LogP contribution >= 0.6 is 11.6 Å². The van der Waals surface area contributed by atoms with E-state index in [9.17, 15) is 4.79 Å². The van der Waals surface area contributed by atoms with Crippen molar-refractivity contribution in [2.24, 2.45) is 0 Å². The van der Waals surface area contributed by atoms with Crippen LogP contribution in [0.15, 0.2) is 18.2 Å². The van der Waals surface area contributed by atoms with Crippen molar-refractivity contribution < 1.29 is 9.53 Å². The molecule has 1 aromatic carbocycles. The summed E-state index contributed by atoms with van der Waals surface area (Å²) in [6, 6.07) is 7.04. The van der Waals surface area contributed by atoms with Gasteiger partial charge in [0.15, 0.2) is 6.61 Å². The summed E-state index contributed by atoms with van der Waals surface area (Å²) in [6.45, 7) is 1.67. The Kier molecular flexibility index (Phi) is 4.62. The minimum atomic E-state index is -0.332. The second-order valence-corrected chi connectivity index (χ2v) is 3.49. The zero-order valence-electron chi connectivity index (χ0n) is 8.79. The number of nitrogens with zero attached hydrogens (tertiary/aromatic N) is 1. The van der Waals surface area contributed by atoms with Crippen LogP contribution in [0.5, 0.6) is 5.75 Å². The number of nitrogens with one attached hydrogen (secondary N) is 1. The van der Waals surface area contributed by atoms with Crippen molar-refractivity contribution >= 4 is 17.5 Å². The highest BCUT2D eigenvalue weighted by Crippen LogP contribution is 2.24. The SMILES string of the molecule is Cc1c(Cl)cccc1OCC(=O)NCC#N. The van der Waals surface area contributed by atoms with E-state index in [1.807, 2.05) is 13.0 Å². The molecule has 0 fully saturated rings. The van der Waals surface area contributed by atoms with Crippen LogP contribution in [-0.2, 0) is 4.79 Å². The van der Waals surface area contributed by atoms with E-state index < -0.39 is 0 Å². The molecule has 84 valence electrons. The zero-order valence-corrected chi connectivity index (χ0v) is 9.54. The first-order valence-corrected chi connectivity index (χ1v) is 5.04. The smallest absolute Gasteiger partial charge is 0.258 e. The van der Waals surface area contributed by atoms with Gasteiger partial charge >= 0.3 is 0 Å². The summed E-state index contributed by atoms with van der Waals surface area (Å²) in [5, 5.41) is 11.2. The predicted octanol–water partition coefficient (Wildman–Crippen LogP) is 1.67. The molecule has 0 bridgehead atoms. The first kappa shape index (κ1) is 12.3. The van der Waals surface area contributed by atoms with Crippen LogP contribution in [0.2, 0.25) is 5.02 Å². The van der Waals surface area contributed by atoms with Gasteiger partial charge in [-0.25, -0.2) is 0 Å². The highest BCUT2D eigenvalue weighted by atomic mass is 35.5. The highest BCUT2D eigenvalue weighted by molar-refractivity contribution is 6.31. The fourth-order valence-corrected chi connectivity index (χ4v) is 1.24. The minimum absolute atomic E-state index is 0.0171. The number of ether oxygens (including phenoxy) is 1. The zero-order chi connectivity index (χ0) is 12.0. The number of hydrogen-bond donors (Lipinski definition) is 1. The fourth-order valence-electron chi connectivity index (χ4n) is 1.08. The van der Waals surface area contributed by atoms with Crippen LogP contribution < -0.4 is 10.1 Å². The molecule has 5 heteroatoms. The van der Waals surface area contributed by atoms with E-state index in [1.165, 1.54) is 0 Å². The van der Waals surface area contributed by atoms with Crippen molar-refractivity contribution in [1.29, 1.82) is 5.26 Å². The molecule has 1 N–H and O–H groups in total. The van der Waals surface area contributed by atoms with Gasteiger partial charge in [-0.1, -0.05) is 17.7 Å². The summed E-state index contributed by atoms with van der Waals surface area (Å²) < 4.78 is 5.27. The fraction of sp³-hybridized carbons (Fsp3) is 0.273. The lowest BCUT2D eigenvalue weighted by Crippen LogP contribution is -2.29. The van der Waals surface area contributed by atoms with E-state index in [0.717, 1.165) is 5.56 Å². The van der Waals surface area contributed by atoms with Crippen molar-refractivity contribution in [2.75, 3.05) is 13.2 Å². The van der Waals surface area contributed by atoms with E-state index in [1.54, 1.807) is 18.2 Å². The predicted molar refractivity (Wildman–Crippen MR) is 60.3 cm³/mol. The van der Waals surface area contributed by atoms with Gasteiger partial charge in [0.1, 0.15) is 12.3 Å². The van der Waals surface area contributed by atoms with Gasteiger partial charge in [0, 0.05) is 10.6 Å². The van der Waals surface area contributed by atoms with Crippen LogP contribution in [0.4, 0.5) is 0 Å². The summed E-state index contributed by atoms with van der Waals surface area (Å²) in [7, 11) is 0. The van der Waals surface area contributed by atoms with Gasteiger partial charge in [0.05, 0.1) is 6.07 Å². The van der Waals surface area contributed by atoms with E-state index in [4.69, 9.17) is 21.6 Å². The molecule has 16 heavy (non-hydrogen) atoms. The quantitative estimate of drug-likeness (QED) is 0.812. The molecule has 1 aromatic rings. The molecular formula is C11H11ClN2O2. The largest absolute Gasteiger partial charge is 0.483 e. The summed E-state index contributed by atoms with van der Waals surface area (Å²) in [6.07, 6.45) is 0. The third-order valence-corrected chi connectivity index (χ3v) is 2.35. The number of amides is 1. The maximum absolute atomic E-state index is 11.2. The van der Waals surface area contributed by atoms with Crippen molar-refractivity contribution in [1.82, 2.24) is 5.32 Å². The Balaban J connectivity index is 2.52. The molecule has 0 heterocycles. The van der Waals surface area contributed by atoms with E-state index in [-0.39, 0.29) is 19.1 Å². The number of hydrogen-bond acceptors (Lipinski definition) is 3. The Labute approximate surface area is 98.8 Å². The summed E-state index contributed by atoms with van der Waals surface area (Å²) >= 11 is 5.89. The number of nitriles is 1. The summed E-state index contributed by atoms with van der Waals surface area (Å²) in [4.78, 5) is 11.2. The van der Waals surface area contributed by atoms with Crippen molar-refractivity contribution in [3.8, 4) is 11.8 Å². The molecule has 0 aliphatic heterocycles. The number of benzene rings is 1. The standard InChI is InChI=1S/C11H11ClN2O2/c1-8-9(12)3-2-4-10(8)16-7-11(15)14-6-5-13/h2-4H,6-7H2,1H3,(H,14,15). The lowest BCUT2D eigenvalue weighted by Gasteiger charge is -2.09. The van der Waals surface area contributed by atoms with Crippen LogP contribution in [0.1, 0.15) is 5.56 Å². The molecule has 0 radical (unpaired) electrons. The molecule has 0 aromatic heterocycles. The van der Waals surface area contributed by atoms with Gasteiger partial charge in [-0.05, 0) is 19.1 Å². The number of carbonyl (C=O) groups excluding carboxylic acids is 1. The number of rotatable bonds is 4. The average molecular weight is 239 g/mol. The molecule has 0 aliphatic carbocycles. The lowest BCUT2D eigenvalue weighted by atomic mass is 10.2. The summed E-state index contributed by atoms with van der Waals surface area (Å²) in [5.41, 5.74) is 0.789. The molecule has 0 aliphatic rings. The van der Waals surface area contributed by atoms with Crippen LogP contribution in [0.25, 0.3) is 0 Å². The Morgan fingerprint density at radius 3 is 3.06 bits per heavy atom. The van der Waals surface area contributed by atoms with E-state index in [0.29, 0.717) is 10.8 Å². The van der Waals surface area contributed by atoms with Crippen LogP contribution in [0, 0.1) is 18.3 Å². The highest BCUT2D eigenvalue weighted by Gasteiger charge is 2.05. The molecule has 1 rings (SSSR count). The molecule has 0 unspecified atom stereocenters. The second kappa shape index (κ2) is 5.99. The van der Waals surface area contributed by atoms with Gasteiger partial charge < -0.3 is 10.1 Å². The molecule has 0 saturated heterocycles. The third kappa shape index (κ3) is 3.44. The maximum Gasteiger partial charge on any atom is 0.258 e. The van der Waals surface area contributed by atoms with E-state index >= 15 is 0 Å². The first-order chi connectivity index (χ1) is 7.65. The Bertz CT molecular complexity index is 426. The average Bonchev–Trinajstić information content (AvgIpc) is 2.28. The first-order valence-electron chi connectivity index (χ1n) is 4.66. The van der Waals surface area contributed by atoms with Crippen molar-refractivity contribution in [3.05, 3.63) is 28.8 Å². The molecule has 0 saturated carbocycles. The molecule has 0 atom stereocenters. The number of carbonyl (C=O) groups is 1. The molecule has 4 nitrogen and oxygen atoms in total. The van der Waals surface area contributed by atoms with Crippen LogP contribution in [-0.4, -0.2) is 19.1 Å².